The minimum atomic E-state index is -3.18. The molecule has 3 aliphatic rings. The molecule has 1 aromatic carbocycles. The predicted octanol–water partition coefficient (Wildman–Crippen LogP) is 6.14. The lowest BCUT2D eigenvalue weighted by Gasteiger charge is -2.39. The van der Waals surface area contributed by atoms with Gasteiger partial charge in [0, 0.05) is 55.8 Å². The van der Waals surface area contributed by atoms with Crippen LogP contribution in [0, 0.1) is 23.2 Å². The van der Waals surface area contributed by atoms with Gasteiger partial charge in [0.1, 0.15) is 23.7 Å². The van der Waals surface area contributed by atoms with E-state index in [1.807, 2.05) is 46.2 Å². The standard InChI is InChI=1S/C38H48N6O6S/c1-25(2)44-22-32(20-41-44)30-15-16-40-36(18-30)43(21-26-5-7-27(8-6-26)29-11-14-35(49-3)31(17-29)19-39)37(45)28-9-12-33(13-10-28)50-38(46)42-23-34(24-42)51(4,47)48/h11,14-18,20,22,25-28,33-34H,5-10,12-13,21,23-24H2,1-4H3/t26-,27-,28-,33-. The van der Waals surface area contributed by atoms with Crippen LogP contribution in [-0.4, -0.2) is 84.4 Å². The fourth-order valence-electron chi connectivity index (χ4n) is 7.54. The van der Waals surface area contributed by atoms with Gasteiger partial charge in [-0.15, -0.1) is 0 Å². The number of nitrogens with zero attached hydrogens (tertiary/aromatic N) is 6. The second kappa shape index (κ2) is 15.4. The van der Waals surface area contributed by atoms with Crippen LogP contribution in [0.5, 0.6) is 5.75 Å². The number of pyridine rings is 1. The number of hydrogen-bond acceptors (Lipinski definition) is 9. The molecule has 0 bridgehead atoms. The Morgan fingerprint density at radius 2 is 1.75 bits per heavy atom. The number of rotatable bonds is 10. The first-order valence-electron chi connectivity index (χ1n) is 18.0. The average molecular weight is 717 g/mol. The van der Waals surface area contributed by atoms with Gasteiger partial charge in [-0.3, -0.25) is 14.4 Å². The van der Waals surface area contributed by atoms with E-state index in [9.17, 15) is 23.3 Å². The summed E-state index contributed by atoms with van der Waals surface area (Å²) < 4.78 is 36.5. The molecule has 2 aliphatic carbocycles. The van der Waals surface area contributed by atoms with E-state index in [0.29, 0.717) is 55.3 Å². The predicted molar refractivity (Wildman–Crippen MR) is 193 cm³/mol. The molecule has 0 spiro atoms. The SMILES string of the molecule is COc1ccc([C@H]2CC[C@H](CN(c3cc(-c4cnn(C(C)C)c4)ccn3)C(=O)[C@H]3CC[C@H](OC(=O)N4CC(S(C)(=O)=O)C4)CC3)CC2)cc1C#N. The third-order valence-electron chi connectivity index (χ3n) is 10.9. The van der Waals surface area contributed by atoms with Crippen molar-refractivity contribution in [2.75, 3.05) is 37.9 Å². The minimum absolute atomic E-state index is 0.0389. The number of aromatic nitrogens is 3. The molecule has 13 heteroatoms. The molecular formula is C38H48N6O6S. The van der Waals surface area contributed by atoms with E-state index >= 15 is 0 Å². The Balaban J connectivity index is 1.13. The number of hydrogen-bond donors (Lipinski definition) is 0. The summed E-state index contributed by atoms with van der Waals surface area (Å²) in [6.45, 7) is 5.04. The number of amides is 2. The molecule has 1 aliphatic heterocycles. The van der Waals surface area contributed by atoms with Crippen LogP contribution >= 0.6 is 0 Å². The number of anilines is 1. The summed E-state index contributed by atoms with van der Waals surface area (Å²) in [7, 11) is -1.61. The van der Waals surface area contributed by atoms with Crippen molar-refractivity contribution in [3.05, 3.63) is 60.0 Å². The average Bonchev–Trinajstić information content (AvgIpc) is 3.61. The van der Waals surface area contributed by atoms with Crippen molar-refractivity contribution < 1.29 is 27.5 Å². The number of ether oxygens (including phenoxy) is 2. The van der Waals surface area contributed by atoms with E-state index in [0.717, 1.165) is 42.4 Å². The Hall–Kier alpha value is -4.44. The van der Waals surface area contributed by atoms with Crippen LogP contribution < -0.4 is 9.64 Å². The lowest BCUT2D eigenvalue weighted by Crippen LogP contribution is -2.57. The number of sulfone groups is 1. The molecule has 2 amide bonds. The highest BCUT2D eigenvalue weighted by atomic mass is 32.2. The van der Waals surface area contributed by atoms with Gasteiger partial charge in [-0.25, -0.2) is 18.2 Å². The third kappa shape index (κ3) is 8.38. The third-order valence-corrected chi connectivity index (χ3v) is 12.4. The van der Waals surface area contributed by atoms with Gasteiger partial charge in [0.05, 0.1) is 24.1 Å². The van der Waals surface area contributed by atoms with Gasteiger partial charge in [0.25, 0.3) is 0 Å². The largest absolute Gasteiger partial charge is 0.495 e. The molecule has 51 heavy (non-hydrogen) atoms. The van der Waals surface area contributed by atoms with Crippen molar-refractivity contribution in [3.63, 3.8) is 0 Å². The molecule has 0 unspecified atom stereocenters. The molecule has 2 saturated carbocycles. The number of methoxy groups -OCH3 is 1. The quantitative estimate of drug-likeness (QED) is 0.241. The maximum atomic E-state index is 14.4. The van der Waals surface area contributed by atoms with Crippen molar-refractivity contribution in [1.82, 2.24) is 19.7 Å². The van der Waals surface area contributed by atoms with Crippen LogP contribution in [0.25, 0.3) is 11.1 Å². The molecule has 3 aromatic rings. The second-order valence-corrected chi connectivity index (χ2v) is 17.0. The number of carbonyl (C=O) groups excluding carboxylic acids is 2. The minimum Gasteiger partial charge on any atom is -0.495 e. The Labute approximate surface area is 300 Å². The van der Waals surface area contributed by atoms with Gasteiger partial charge in [-0.1, -0.05) is 6.07 Å². The fourth-order valence-corrected chi connectivity index (χ4v) is 8.44. The van der Waals surface area contributed by atoms with Gasteiger partial charge in [0.15, 0.2) is 9.84 Å². The number of carbonyl (C=O) groups is 2. The van der Waals surface area contributed by atoms with E-state index < -0.39 is 21.2 Å². The Bertz CT molecular complexity index is 1860. The maximum Gasteiger partial charge on any atom is 0.410 e. The second-order valence-electron chi connectivity index (χ2n) is 14.7. The molecule has 0 radical (unpaired) electrons. The highest BCUT2D eigenvalue weighted by molar-refractivity contribution is 7.91. The van der Waals surface area contributed by atoms with E-state index in [-0.39, 0.29) is 43.0 Å². The van der Waals surface area contributed by atoms with Crippen LogP contribution in [0.15, 0.2) is 48.9 Å². The number of benzene rings is 1. The highest BCUT2D eigenvalue weighted by Gasteiger charge is 2.40. The molecular weight excluding hydrogens is 669 g/mol. The molecule has 0 N–H and O–H groups in total. The summed E-state index contributed by atoms with van der Waals surface area (Å²) in [4.78, 5) is 35.1. The first-order chi connectivity index (χ1) is 24.4. The summed E-state index contributed by atoms with van der Waals surface area (Å²) in [6.07, 6.45) is 12.1. The van der Waals surface area contributed by atoms with E-state index in [4.69, 9.17) is 14.5 Å². The summed E-state index contributed by atoms with van der Waals surface area (Å²) in [6, 6.07) is 12.3. The Morgan fingerprint density at radius 3 is 2.37 bits per heavy atom. The van der Waals surface area contributed by atoms with Crippen LogP contribution in [0.4, 0.5) is 10.6 Å². The first-order valence-corrected chi connectivity index (χ1v) is 19.9. The summed E-state index contributed by atoms with van der Waals surface area (Å²) in [5.74, 6) is 1.65. The van der Waals surface area contributed by atoms with Crippen LogP contribution in [0.2, 0.25) is 0 Å². The van der Waals surface area contributed by atoms with Gasteiger partial charge >= 0.3 is 6.09 Å². The summed E-state index contributed by atoms with van der Waals surface area (Å²) in [5, 5.41) is 13.6. The first kappa shape index (κ1) is 36.4. The summed E-state index contributed by atoms with van der Waals surface area (Å²) >= 11 is 0. The van der Waals surface area contributed by atoms with Gasteiger partial charge in [-0.05, 0) is 112 Å². The molecule has 2 aromatic heterocycles. The molecule has 1 saturated heterocycles. The normalized spacial score (nSPS) is 22.5. The van der Waals surface area contributed by atoms with E-state index in [1.54, 1.807) is 13.3 Å². The lowest BCUT2D eigenvalue weighted by molar-refractivity contribution is -0.124. The van der Waals surface area contributed by atoms with Crippen molar-refractivity contribution in [1.29, 1.82) is 5.26 Å². The smallest absolute Gasteiger partial charge is 0.410 e. The Kier molecular flexibility index (Phi) is 11.0. The van der Waals surface area contributed by atoms with E-state index in [2.05, 4.69) is 31.1 Å². The van der Waals surface area contributed by atoms with Gasteiger partial charge in [-0.2, -0.15) is 10.4 Å². The summed E-state index contributed by atoms with van der Waals surface area (Å²) in [5.41, 5.74) is 3.60. The van der Waals surface area contributed by atoms with Crippen LogP contribution in [-0.2, 0) is 19.4 Å². The molecule has 272 valence electrons. The van der Waals surface area contributed by atoms with Crippen molar-refractivity contribution in [2.45, 2.75) is 88.5 Å². The Morgan fingerprint density at radius 1 is 1.02 bits per heavy atom. The van der Waals surface area contributed by atoms with Crippen molar-refractivity contribution in [3.8, 4) is 22.9 Å². The van der Waals surface area contributed by atoms with E-state index in [1.165, 1.54) is 11.2 Å². The number of likely N-dealkylation sites (tertiary alicyclic amines) is 1. The lowest BCUT2D eigenvalue weighted by atomic mass is 9.78. The molecule has 0 atom stereocenters. The zero-order valence-corrected chi connectivity index (χ0v) is 30.7. The van der Waals surface area contributed by atoms with Crippen molar-refractivity contribution in [2.24, 2.45) is 11.8 Å². The number of nitriles is 1. The zero-order valence-electron chi connectivity index (χ0n) is 29.9. The molecule has 12 nitrogen and oxygen atoms in total. The molecule has 3 heterocycles. The van der Waals surface area contributed by atoms with Crippen LogP contribution in [0.1, 0.15) is 88.3 Å². The highest BCUT2D eigenvalue weighted by Crippen LogP contribution is 2.39. The molecule has 3 fully saturated rings. The van der Waals surface area contributed by atoms with Crippen molar-refractivity contribution >= 4 is 27.7 Å². The maximum absolute atomic E-state index is 14.4. The molecule has 6 rings (SSSR count). The van der Waals surface area contributed by atoms with Gasteiger partial charge < -0.3 is 14.4 Å². The van der Waals surface area contributed by atoms with Crippen LogP contribution in [0.3, 0.4) is 0 Å². The fraction of sp³-hybridized carbons (Fsp3) is 0.553. The monoisotopic (exact) mass is 716 g/mol. The topological polar surface area (TPSA) is 148 Å². The zero-order chi connectivity index (χ0) is 36.3. The van der Waals surface area contributed by atoms with Gasteiger partial charge in [0.2, 0.25) is 5.91 Å².